The molecule has 1 fully saturated rings. The van der Waals surface area contributed by atoms with Crippen LogP contribution in [0.25, 0.3) is 0 Å². The molecule has 1 unspecified atom stereocenters. The molecular weight excluding hydrogens is 338 g/mol. The van der Waals surface area contributed by atoms with Crippen molar-refractivity contribution in [2.24, 2.45) is 0 Å². The highest BCUT2D eigenvalue weighted by molar-refractivity contribution is 8.02. The molecule has 1 saturated carbocycles. The van der Waals surface area contributed by atoms with Crippen LogP contribution in [-0.4, -0.2) is 39.3 Å². The van der Waals surface area contributed by atoms with Crippen LogP contribution in [-0.2, 0) is 4.79 Å². The Balaban J connectivity index is 1.52. The van der Waals surface area contributed by atoms with Gasteiger partial charge in [0, 0.05) is 13.1 Å². The molecule has 3 rings (SSSR count). The van der Waals surface area contributed by atoms with E-state index in [-0.39, 0.29) is 11.2 Å². The largest absolute Gasteiger partial charge is 0.342 e. The van der Waals surface area contributed by atoms with Gasteiger partial charge in [-0.3, -0.25) is 4.79 Å². The summed E-state index contributed by atoms with van der Waals surface area (Å²) in [4.78, 5) is 14.6. The van der Waals surface area contributed by atoms with Crippen molar-refractivity contribution in [1.82, 2.24) is 15.1 Å². The van der Waals surface area contributed by atoms with Gasteiger partial charge in [0.15, 0.2) is 4.34 Å². The lowest BCUT2D eigenvalue weighted by atomic mass is 9.81. The highest BCUT2D eigenvalue weighted by Crippen LogP contribution is 2.35. The van der Waals surface area contributed by atoms with Crippen molar-refractivity contribution in [1.29, 1.82) is 0 Å². The second kappa shape index (κ2) is 8.12. The van der Waals surface area contributed by atoms with Crippen LogP contribution in [0.15, 0.2) is 40.2 Å². The zero-order valence-electron chi connectivity index (χ0n) is 14.1. The molecule has 0 spiro atoms. The fourth-order valence-electron chi connectivity index (χ4n) is 3.40. The van der Waals surface area contributed by atoms with Crippen molar-refractivity contribution >= 4 is 29.0 Å². The molecule has 1 heterocycles. The molecule has 0 aliphatic heterocycles. The lowest BCUT2D eigenvalue weighted by Gasteiger charge is -2.35. The number of benzene rings is 1. The van der Waals surface area contributed by atoms with Gasteiger partial charge in [-0.2, -0.15) is 0 Å². The van der Waals surface area contributed by atoms with E-state index in [4.69, 9.17) is 0 Å². The monoisotopic (exact) mass is 361 g/mol. The maximum atomic E-state index is 12.7. The summed E-state index contributed by atoms with van der Waals surface area (Å²) in [6, 6.07) is 11.1. The maximum Gasteiger partial charge on any atom is 0.235 e. The van der Waals surface area contributed by atoms with E-state index in [1.54, 1.807) is 5.51 Å². The zero-order valence-corrected chi connectivity index (χ0v) is 15.7. The summed E-state index contributed by atoms with van der Waals surface area (Å²) in [5.74, 6) is 0.831. The standard InChI is InChI=1S/C18H23N3OS2/c1-13(24-18-20-19-12-23-18)17(22)21(2)16-10-8-15(9-11-16)14-6-4-3-5-7-14/h3-7,12-13,15-16H,8-11H2,1-2H3. The molecule has 1 atom stereocenters. The fraction of sp³-hybridized carbons (Fsp3) is 0.500. The van der Waals surface area contributed by atoms with Gasteiger partial charge in [-0.1, -0.05) is 53.4 Å². The van der Waals surface area contributed by atoms with Crippen molar-refractivity contribution in [2.45, 2.75) is 54.2 Å². The molecule has 0 N–H and O–H groups in total. The Hall–Kier alpha value is -1.40. The highest BCUT2D eigenvalue weighted by atomic mass is 32.2. The number of nitrogens with zero attached hydrogens (tertiary/aromatic N) is 3. The summed E-state index contributed by atoms with van der Waals surface area (Å²) >= 11 is 2.99. The molecular formula is C18H23N3OS2. The van der Waals surface area contributed by atoms with Crippen LogP contribution in [0.3, 0.4) is 0 Å². The van der Waals surface area contributed by atoms with Crippen LogP contribution in [0, 0.1) is 0 Å². The molecule has 24 heavy (non-hydrogen) atoms. The van der Waals surface area contributed by atoms with Crippen LogP contribution >= 0.6 is 23.1 Å². The molecule has 1 aliphatic rings. The Bertz CT molecular complexity index is 640. The first kappa shape index (κ1) is 17.4. The van der Waals surface area contributed by atoms with Crippen molar-refractivity contribution in [3.05, 3.63) is 41.4 Å². The predicted octanol–water partition coefficient (Wildman–Crippen LogP) is 4.20. The fourth-order valence-corrected chi connectivity index (χ4v) is 5.13. The van der Waals surface area contributed by atoms with Gasteiger partial charge in [0.1, 0.15) is 5.51 Å². The smallest absolute Gasteiger partial charge is 0.235 e. The van der Waals surface area contributed by atoms with Gasteiger partial charge in [-0.15, -0.1) is 10.2 Å². The minimum absolute atomic E-state index is 0.116. The van der Waals surface area contributed by atoms with Crippen molar-refractivity contribution in [3.8, 4) is 0 Å². The minimum Gasteiger partial charge on any atom is -0.342 e. The van der Waals surface area contributed by atoms with E-state index in [9.17, 15) is 4.79 Å². The average molecular weight is 362 g/mol. The number of rotatable bonds is 5. The molecule has 0 bridgehead atoms. The molecule has 0 saturated heterocycles. The molecule has 1 aromatic carbocycles. The molecule has 0 radical (unpaired) electrons. The van der Waals surface area contributed by atoms with E-state index < -0.39 is 0 Å². The van der Waals surface area contributed by atoms with Crippen molar-refractivity contribution < 1.29 is 4.79 Å². The van der Waals surface area contributed by atoms with Crippen molar-refractivity contribution in [2.75, 3.05) is 7.05 Å². The molecule has 128 valence electrons. The lowest BCUT2D eigenvalue weighted by Crippen LogP contribution is -2.42. The molecule has 1 aliphatic carbocycles. The molecule has 2 aromatic rings. The summed E-state index contributed by atoms with van der Waals surface area (Å²) in [6.45, 7) is 1.96. The van der Waals surface area contributed by atoms with E-state index in [0.717, 1.165) is 30.0 Å². The van der Waals surface area contributed by atoms with Crippen LogP contribution in [0.2, 0.25) is 0 Å². The third kappa shape index (κ3) is 4.16. The SMILES string of the molecule is CC(Sc1nncs1)C(=O)N(C)C1CCC(c2ccccc2)CC1. The second-order valence-corrected chi connectivity index (χ2v) is 8.75. The summed E-state index contributed by atoms with van der Waals surface area (Å²) < 4.78 is 0.858. The predicted molar refractivity (Wildman–Crippen MR) is 99.4 cm³/mol. The Morgan fingerprint density at radius 3 is 2.58 bits per heavy atom. The quantitative estimate of drug-likeness (QED) is 0.749. The van der Waals surface area contributed by atoms with E-state index in [2.05, 4.69) is 40.5 Å². The number of amides is 1. The first-order chi connectivity index (χ1) is 11.6. The van der Waals surface area contributed by atoms with Crippen molar-refractivity contribution in [3.63, 3.8) is 0 Å². The van der Waals surface area contributed by atoms with Gasteiger partial charge in [0.05, 0.1) is 5.25 Å². The molecule has 6 heteroatoms. The van der Waals surface area contributed by atoms with Gasteiger partial charge >= 0.3 is 0 Å². The number of hydrogen-bond acceptors (Lipinski definition) is 5. The van der Waals surface area contributed by atoms with Gasteiger partial charge in [0.2, 0.25) is 5.91 Å². The Morgan fingerprint density at radius 1 is 1.25 bits per heavy atom. The maximum absolute atomic E-state index is 12.7. The summed E-state index contributed by atoms with van der Waals surface area (Å²) in [6.07, 6.45) is 4.48. The van der Waals surface area contributed by atoms with Gasteiger partial charge in [0.25, 0.3) is 0 Å². The molecule has 4 nitrogen and oxygen atoms in total. The number of hydrogen-bond donors (Lipinski definition) is 0. The van der Waals surface area contributed by atoms with Crippen LogP contribution < -0.4 is 0 Å². The van der Waals surface area contributed by atoms with E-state index in [0.29, 0.717) is 12.0 Å². The van der Waals surface area contributed by atoms with Crippen LogP contribution in [0.5, 0.6) is 0 Å². The van der Waals surface area contributed by atoms with Crippen LogP contribution in [0.4, 0.5) is 0 Å². The van der Waals surface area contributed by atoms with Gasteiger partial charge in [-0.25, -0.2) is 0 Å². The number of carbonyl (C=O) groups is 1. The topological polar surface area (TPSA) is 46.1 Å². The highest BCUT2D eigenvalue weighted by Gasteiger charge is 2.29. The molecule has 1 aromatic heterocycles. The third-order valence-corrected chi connectivity index (χ3v) is 6.73. The first-order valence-electron chi connectivity index (χ1n) is 8.39. The number of carbonyl (C=O) groups excluding carboxylic acids is 1. The Kier molecular flexibility index (Phi) is 5.89. The lowest BCUT2D eigenvalue weighted by molar-refractivity contribution is -0.131. The zero-order chi connectivity index (χ0) is 16.9. The summed E-state index contributed by atoms with van der Waals surface area (Å²) in [5, 5.41) is 7.73. The van der Waals surface area contributed by atoms with E-state index >= 15 is 0 Å². The van der Waals surface area contributed by atoms with E-state index in [1.165, 1.54) is 28.7 Å². The van der Waals surface area contributed by atoms with Gasteiger partial charge < -0.3 is 4.90 Å². The van der Waals surface area contributed by atoms with Crippen LogP contribution in [0.1, 0.15) is 44.1 Å². The minimum atomic E-state index is -0.116. The summed E-state index contributed by atoms with van der Waals surface area (Å²) in [7, 11) is 1.95. The second-order valence-electron chi connectivity index (χ2n) is 6.33. The first-order valence-corrected chi connectivity index (χ1v) is 10.2. The van der Waals surface area contributed by atoms with E-state index in [1.807, 2.05) is 18.9 Å². The average Bonchev–Trinajstić information content (AvgIpc) is 3.14. The Labute approximate surface area is 151 Å². The third-order valence-electron chi connectivity index (χ3n) is 4.83. The number of aromatic nitrogens is 2. The Morgan fingerprint density at radius 2 is 1.96 bits per heavy atom. The normalized spacial score (nSPS) is 22.1. The number of thioether (sulfide) groups is 1. The molecule has 1 amide bonds. The summed E-state index contributed by atoms with van der Waals surface area (Å²) in [5.41, 5.74) is 3.14. The van der Waals surface area contributed by atoms with Gasteiger partial charge in [-0.05, 0) is 44.1 Å².